The van der Waals surface area contributed by atoms with Gasteiger partial charge in [-0.25, -0.2) is 13.1 Å². The van der Waals surface area contributed by atoms with Crippen LogP contribution in [-0.4, -0.2) is 40.1 Å². The summed E-state index contributed by atoms with van der Waals surface area (Å²) in [6, 6.07) is -0.414. The highest BCUT2D eigenvalue weighted by molar-refractivity contribution is 7.89. The maximum atomic E-state index is 13.0. The molecule has 6 nitrogen and oxygen atoms in total. The van der Waals surface area contributed by atoms with E-state index < -0.39 is 23.7 Å². The van der Waals surface area contributed by atoms with Crippen molar-refractivity contribution < 1.29 is 22.0 Å². The van der Waals surface area contributed by atoms with E-state index in [0.717, 1.165) is 51.4 Å². The molecule has 2 atom stereocenters. The second-order valence-corrected chi connectivity index (χ2v) is 12.7. The summed E-state index contributed by atoms with van der Waals surface area (Å²) in [5, 5.41) is 0. The number of hydrogen-bond acceptors (Lipinski definition) is 5. The molecule has 0 aromatic rings. The molecule has 0 amide bonds. The van der Waals surface area contributed by atoms with Gasteiger partial charge in [0, 0.05) is 13.2 Å². The predicted molar refractivity (Wildman–Crippen MR) is 132 cm³/mol. The molecule has 1 N–H and O–H groups in total. The fourth-order valence-corrected chi connectivity index (χ4v) is 6.66. The lowest BCUT2D eigenvalue weighted by atomic mass is 10.1. The van der Waals surface area contributed by atoms with Crippen molar-refractivity contribution in [2.45, 2.75) is 123 Å². The van der Waals surface area contributed by atoms with E-state index in [4.69, 9.17) is 9.05 Å². The quantitative estimate of drug-likeness (QED) is 0.124. The largest absolute Gasteiger partial charge is 0.332 e. The van der Waals surface area contributed by atoms with Gasteiger partial charge >= 0.3 is 7.60 Å². The first-order valence-electron chi connectivity index (χ1n) is 12.6. The SMILES string of the molecule is CCCCCCCCCCS(=O)(=O)NC(CCCCCC)CP(=O)(OC)OCCCC. The van der Waals surface area contributed by atoms with Crippen LogP contribution >= 0.6 is 7.60 Å². The smallest absolute Gasteiger partial charge is 0.312 e. The van der Waals surface area contributed by atoms with E-state index in [1.165, 1.54) is 39.2 Å². The molecule has 0 radical (unpaired) electrons. The Hall–Kier alpha value is 0.0600. The van der Waals surface area contributed by atoms with E-state index in [1.807, 2.05) is 6.92 Å². The summed E-state index contributed by atoms with van der Waals surface area (Å²) in [7, 11) is -5.33. The number of sulfonamides is 1. The molecule has 0 aromatic heterocycles. The third kappa shape index (κ3) is 18.2. The molecular formula is C23H50NO5PS. The van der Waals surface area contributed by atoms with E-state index in [-0.39, 0.29) is 11.9 Å². The van der Waals surface area contributed by atoms with Crippen molar-refractivity contribution in [2.75, 3.05) is 25.6 Å². The lowest BCUT2D eigenvalue weighted by Gasteiger charge is -2.23. The number of nitrogens with one attached hydrogen (secondary N) is 1. The van der Waals surface area contributed by atoms with Gasteiger partial charge in [0.05, 0.1) is 18.5 Å². The Bertz CT molecular complexity index is 556. The van der Waals surface area contributed by atoms with Crippen LogP contribution < -0.4 is 4.72 Å². The Morgan fingerprint density at radius 3 is 1.84 bits per heavy atom. The van der Waals surface area contributed by atoms with Crippen molar-refractivity contribution in [3.8, 4) is 0 Å². The zero-order chi connectivity index (χ0) is 23.4. The number of hydrogen-bond donors (Lipinski definition) is 1. The standard InChI is InChI=1S/C23H50NO5PS/c1-5-8-11-13-14-15-16-18-21-31(26,27)24-23(19-17-12-9-6-2)22-30(25,28-4)29-20-10-7-3/h23-24H,5-22H2,1-4H3. The Balaban J connectivity index is 4.64. The van der Waals surface area contributed by atoms with E-state index in [9.17, 15) is 13.0 Å². The maximum absolute atomic E-state index is 13.0. The van der Waals surface area contributed by atoms with Gasteiger partial charge in [-0.3, -0.25) is 4.57 Å². The van der Waals surface area contributed by atoms with Gasteiger partial charge in [0.15, 0.2) is 0 Å². The minimum atomic E-state index is -3.41. The molecule has 31 heavy (non-hydrogen) atoms. The van der Waals surface area contributed by atoms with Gasteiger partial charge in [-0.05, 0) is 19.3 Å². The average molecular weight is 484 g/mol. The summed E-state index contributed by atoms with van der Waals surface area (Å²) < 4.78 is 51.8. The lowest BCUT2D eigenvalue weighted by molar-refractivity contribution is 0.227. The molecule has 0 bridgehead atoms. The van der Waals surface area contributed by atoms with Crippen LogP contribution in [0, 0.1) is 0 Å². The normalized spacial score (nSPS) is 15.1. The van der Waals surface area contributed by atoms with Crippen LogP contribution in [0.1, 0.15) is 117 Å². The van der Waals surface area contributed by atoms with Gasteiger partial charge in [0.2, 0.25) is 10.0 Å². The van der Waals surface area contributed by atoms with E-state index in [1.54, 1.807) is 0 Å². The monoisotopic (exact) mass is 483 g/mol. The summed E-state index contributed by atoms with van der Waals surface area (Å²) in [5.74, 6) is 0.126. The number of rotatable bonds is 23. The van der Waals surface area contributed by atoms with Gasteiger partial charge in [0.25, 0.3) is 0 Å². The topological polar surface area (TPSA) is 81.7 Å². The lowest BCUT2D eigenvalue weighted by Crippen LogP contribution is -2.39. The van der Waals surface area contributed by atoms with E-state index in [2.05, 4.69) is 18.6 Å². The first-order chi connectivity index (χ1) is 14.8. The molecule has 8 heteroatoms. The highest BCUT2D eigenvalue weighted by Gasteiger charge is 2.30. The van der Waals surface area contributed by atoms with Crippen LogP contribution in [-0.2, 0) is 23.6 Å². The number of unbranched alkanes of at least 4 members (excludes halogenated alkanes) is 11. The summed E-state index contributed by atoms with van der Waals surface area (Å²) in [6.45, 7) is 6.76. The van der Waals surface area contributed by atoms with Gasteiger partial charge in [-0.2, -0.15) is 0 Å². The molecule has 188 valence electrons. The highest BCUT2D eigenvalue weighted by Crippen LogP contribution is 2.48. The first kappa shape index (κ1) is 31.1. The zero-order valence-electron chi connectivity index (χ0n) is 20.7. The molecular weight excluding hydrogens is 433 g/mol. The van der Waals surface area contributed by atoms with Gasteiger partial charge in [-0.1, -0.05) is 97.8 Å². The second-order valence-electron chi connectivity index (χ2n) is 8.62. The first-order valence-corrected chi connectivity index (χ1v) is 16.0. The molecule has 0 aromatic carbocycles. The molecule has 0 aliphatic rings. The van der Waals surface area contributed by atoms with Crippen LogP contribution in [0.15, 0.2) is 0 Å². The minimum Gasteiger partial charge on any atom is -0.312 e. The van der Waals surface area contributed by atoms with Crippen LogP contribution in [0.3, 0.4) is 0 Å². The van der Waals surface area contributed by atoms with Crippen LogP contribution in [0.4, 0.5) is 0 Å². The Kier molecular flexibility index (Phi) is 19.6. The summed E-state index contributed by atoms with van der Waals surface area (Å²) in [5.41, 5.74) is 0. The molecule has 0 heterocycles. The van der Waals surface area contributed by atoms with Crippen molar-refractivity contribution in [1.29, 1.82) is 0 Å². The summed E-state index contributed by atoms with van der Waals surface area (Å²) >= 11 is 0. The highest BCUT2D eigenvalue weighted by atomic mass is 32.2. The second kappa shape index (κ2) is 19.5. The Morgan fingerprint density at radius 2 is 1.29 bits per heavy atom. The molecule has 0 fully saturated rings. The fourth-order valence-electron chi connectivity index (χ4n) is 3.54. The van der Waals surface area contributed by atoms with Crippen molar-refractivity contribution >= 4 is 17.6 Å². The average Bonchev–Trinajstić information content (AvgIpc) is 2.73. The van der Waals surface area contributed by atoms with Crippen LogP contribution in [0.25, 0.3) is 0 Å². The van der Waals surface area contributed by atoms with E-state index >= 15 is 0 Å². The third-order valence-electron chi connectivity index (χ3n) is 5.53. The zero-order valence-corrected chi connectivity index (χ0v) is 22.4. The predicted octanol–water partition coefficient (Wildman–Crippen LogP) is 7.04. The van der Waals surface area contributed by atoms with Gasteiger partial charge in [-0.15, -0.1) is 0 Å². The van der Waals surface area contributed by atoms with Crippen LogP contribution in [0.5, 0.6) is 0 Å². The molecule has 0 aliphatic carbocycles. The van der Waals surface area contributed by atoms with Crippen molar-refractivity contribution in [3.05, 3.63) is 0 Å². The van der Waals surface area contributed by atoms with E-state index in [0.29, 0.717) is 19.4 Å². The van der Waals surface area contributed by atoms with Crippen molar-refractivity contribution in [2.24, 2.45) is 0 Å². The maximum Gasteiger partial charge on any atom is 0.332 e. The van der Waals surface area contributed by atoms with Crippen molar-refractivity contribution in [3.63, 3.8) is 0 Å². The summed E-state index contributed by atoms with van der Waals surface area (Å²) in [6.07, 6.45) is 15.6. The van der Waals surface area contributed by atoms with Gasteiger partial charge in [0.1, 0.15) is 0 Å². The molecule has 0 rings (SSSR count). The molecule has 0 spiro atoms. The Morgan fingerprint density at radius 1 is 0.774 bits per heavy atom. The Labute approximate surface area is 193 Å². The van der Waals surface area contributed by atoms with Gasteiger partial charge < -0.3 is 9.05 Å². The minimum absolute atomic E-state index is 0.0933. The molecule has 0 aliphatic heterocycles. The van der Waals surface area contributed by atoms with Crippen molar-refractivity contribution in [1.82, 2.24) is 4.72 Å². The molecule has 0 saturated carbocycles. The summed E-state index contributed by atoms with van der Waals surface area (Å²) in [4.78, 5) is 0. The third-order valence-corrected chi connectivity index (χ3v) is 9.07. The molecule has 2 unspecified atom stereocenters. The fraction of sp³-hybridized carbons (Fsp3) is 1.00. The van der Waals surface area contributed by atoms with Crippen LogP contribution in [0.2, 0.25) is 0 Å². The molecule has 0 saturated heterocycles.